The molecule has 4 nitrogen and oxygen atoms in total. The minimum Gasteiger partial charge on any atom is -0.503 e. The standard InChI is InChI=1S/C32H23BNO2.C20H18N.Ir/c1-19-12-13-22(20(2)16-19)24-17-27(34-18-21(24)3)23-14-15-30-31-32(23)36-29-11-7-5-9-26(29)33(31)25-8-4-6-10-28(25)35-30;1-14-9-10-18(20-11-15(2)16(3)13-21-20)12-19(14)17-7-5-4-6-8-17;/h4-13,15-18H,1-3H3;4-9,11-13H,1-3H3;/q2*-1;. The average molecular weight is 929 g/mol. The maximum absolute atomic E-state index is 6.59. The smallest absolute Gasteiger partial charge is 0.239 e. The molecular weight excluding hydrogens is 888 g/mol. The zero-order valence-electron chi connectivity index (χ0n) is 33.4. The van der Waals surface area contributed by atoms with E-state index in [-0.39, 0.29) is 26.8 Å². The van der Waals surface area contributed by atoms with Crippen LogP contribution in [0.15, 0.2) is 140 Å². The van der Waals surface area contributed by atoms with Crippen LogP contribution in [-0.4, -0.2) is 16.7 Å². The van der Waals surface area contributed by atoms with Gasteiger partial charge >= 0.3 is 0 Å². The van der Waals surface area contributed by atoms with Crippen LogP contribution in [0, 0.1) is 53.7 Å². The van der Waals surface area contributed by atoms with Gasteiger partial charge in [-0.15, -0.1) is 41.5 Å². The van der Waals surface area contributed by atoms with Crippen molar-refractivity contribution in [2.75, 3.05) is 0 Å². The van der Waals surface area contributed by atoms with Crippen LogP contribution in [0.4, 0.5) is 0 Å². The van der Waals surface area contributed by atoms with E-state index in [1.165, 1.54) is 50.1 Å². The van der Waals surface area contributed by atoms with Crippen molar-refractivity contribution in [3.63, 3.8) is 0 Å². The summed E-state index contributed by atoms with van der Waals surface area (Å²) >= 11 is 0. The number of benzene rings is 6. The van der Waals surface area contributed by atoms with Crippen LogP contribution >= 0.6 is 0 Å². The molecule has 0 N–H and O–H groups in total. The zero-order chi connectivity index (χ0) is 39.2. The summed E-state index contributed by atoms with van der Waals surface area (Å²) in [5, 5.41) is 0. The molecule has 2 aromatic heterocycles. The predicted molar refractivity (Wildman–Crippen MR) is 234 cm³/mol. The Labute approximate surface area is 355 Å². The number of aryl methyl sites for hydroxylation is 6. The molecule has 2 aliphatic heterocycles. The zero-order valence-corrected chi connectivity index (χ0v) is 35.8. The Morgan fingerprint density at radius 1 is 0.500 bits per heavy atom. The molecule has 285 valence electrons. The second-order valence-corrected chi connectivity index (χ2v) is 15.1. The number of fused-ring (bicyclic) bond motifs is 4. The van der Waals surface area contributed by atoms with E-state index in [1.807, 2.05) is 48.8 Å². The van der Waals surface area contributed by atoms with E-state index in [9.17, 15) is 0 Å². The summed E-state index contributed by atoms with van der Waals surface area (Å²) in [6, 6.07) is 50.8. The van der Waals surface area contributed by atoms with Crippen molar-refractivity contribution in [2.24, 2.45) is 0 Å². The fraction of sp³-hybridized carbons (Fsp3) is 0.115. The Morgan fingerprint density at radius 2 is 1.17 bits per heavy atom. The van der Waals surface area contributed by atoms with Crippen molar-refractivity contribution < 1.29 is 29.6 Å². The third-order valence-corrected chi connectivity index (χ3v) is 11.2. The summed E-state index contributed by atoms with van der Waals surface area (Å²) in [5.41, 5.74) is 19.3. The average Bonchev–Trinajstić information content (AvgIpc) is 3.23. The molecule has 2 aliphatic rings. The Balaban J connectivity index is 0.000000183. The molecule has 0 bridgehead atoms. The van der Waals surface area contributed by atoms with Gasteiger partial charge in [-0.05, 0) is 102 Å². The van der Waals surface area contributed by atoms with E-state index >= 15 is 0 Å². The van der Waals surface area contributed by atoms with E-state index in [0.717, 1.165) is 67.5 Å². The molecule has 0 unspecified atom stereocenters. The second-order valence-electron chi connectivity index (χ2n) is 15.1. The van der Waals surface area contributed by atoms with Gasteiger partial charge < -0.3 is 19.4 Å². The third kappa shape index (κ3) is 7.19. The largest absolute Gasteiger partial charge is 0.503 e. The molecule has 0 saturated heterocycles. The molecule has 8 aromatic rings. The minimum atomic E-state index is 0. The quantitative estimate of drug-likeness (QED) is 0.130. The molecular formula is C52H41BIrN2O2-2. The van der Waals surface area contributed by atoms with Gasteiger partial charge in [0.15, 0.2) is 0 Å². The molecule has 58 heavy (non-hydrogen) atoms. The Bertz CT molecular complexity index is 2830. The van der Waals surface area contributed by atoms with Gasteiger partial charge in [0.05, 0.1) is 0 Å². The summed E-state index contributed by atoms with van der Waals surface area (Å²) in [6.07, 6.45) is 3.88. The molecule has 0 saturated carbocycles. The summed E-state index contributed by atoms with van der Waals surface area (Å²) in [4.78, 5) is 9.38. The number of aromatic nitrogens is 2. The van der Waals surface area contributed by atoms with Crippen molar-refractivity contribution in [3.8, 4) is 67.8 Å². The van der Waals surface area contributed by atoms with Gasteiger partial charge in [0, 0.05) is 44.0 Å². The topological polar surface area (TPSA) is 44.2 Å². The molecule has 0 atom stereocenters. The number of nitrogens with zero attached hydrogens (tertiary/aromatic N) is 2. The molecule has 0 amide bonds. The van der Waals surface area contributed by atoms with Crippen LogP contribution in [0.3, 0.4) is 0 Å². The number of hydrogen-bond donors (Lipinski definition) is 0. The molecule has 0 spiro atoms. The van der Waals surface area contributed by atoms with Crippen molar-refractivity contribution in [1.29, 1.82) is 0 Å². The van der Waals surface area contributed by atoms with Crippen LogP contribution in [0.5, 0.6) is 23.0 Å². The van der Waals surface area contributed by atoms with Crippen molar-refractivity contribution in [1.82, 2.24) is 9.97 Å². The van der Waals surface area contributed by atoms with Crippen LogP contribution in [0.1, 0.15) is 33.4 Å². The van der Waals surface area contributed by atoms with Gasteiger partial charge in [-0.2, -0.15) is 0 Å². The number of para-hydroxylation sites is 2. The Kier molecular flexibility index (Phi) is 10.7. The molecule has 0 aliphatic carbocycles. The van der Waals surface area contributed by atoms with Crippen molar-refractivity contribution in [2.45, 2.75) is 41.5 Å². The van der Waals surface area contributed by atoms with Crippen LogP contribution < -0.4 is 25.9 Å². The van der Waals surface area contributed by atoms with Gasteiger partial charge in [-0.1, -0.05) is 132 Å². The number of pyridine rings is 2. The van der Waals surface area contributed by atoms with Gasteiger partial charge in [0.1, 0.15) is 11.5 Å². The Hall–Kier alpha value is -6.07. The van der Waals surface area contributed by atoms with E-state index < -0.39 is 0 Å². The normalized spacial score (nSPS) is 11.7. The molecule has 6 heteroatoms. The third-order valence-electron chi connectivity index (χ3n) is 11.2. The predicted octanol–water partition coefficient (Wildman–Crippen LogP) is 11.0. The first-order valence-electron chi connectivity index (χ1n) is 19.4. The maximum Gasteiger partial charge on any atom is 0.239 e. The summed E-state index contributed by atoms with van der Waals surface area (Å²) < 4.78 is 12.9. The fourth-order valence-electron chi connectivity index (χ4n) is 7.99. The maximum atomic E-state index is 6.59. The van der Waals surface area contributed by atoms with Gasteiger partial charge in [0.2, 0.25) is 6.71 Å². The molecule has 10 rings (SSSR count). The molecule has 0 fully saturated rings. The van der Waals surface area contributed by atoms with Gasteiger partial charge in [-0.3, -0.25) is 0 Å². The first-order valence-corrected chi connectivity index (χ1v) is 19.4. The van der Waals surface area contributed by atoms with Crippen LogP contribution in [0.2, 0.25) is 0 Å². The van der Waals surface area contributed by atoms with Crippen molar-refractivity contribution in [3.05, 3.63) is 185 Å². The summed E-state index contributed by atoms with van der Waals surface area (Å²) in [7, 11) is 0. The van der Waals surface area contributed by atoms with Gasteiger partial charge in [0.25, 0.3) is 0 Å². The molecule has 4 heterocycles. The second kappa shape index (κ2) is 16.1. The minimum absolute atomic E-state index is 0. The molecule has 1 radical (unpaired) electrons. The van der Waals surface area contributed by atoms with Crippen LogP contribution in [0.25, 0.3) is 44.8 Å². The number of hydrogen-bond acceptors (Lipinski definition) is 4. The van der Waals surface area contributed by atoms with E-state index in [0.29, 0.717) is 0 Å². The first-order chi connectivity index (χ1) is 27.7. The van der Waals surface area contributed by atoms with E-state index in [1.54, 1.807) is 0 Å². The SMILES string of the molecule is Cc1ccc(-c2cc(-c3[c-]cc4c5c3Oc3ccccc3B5c3ccccc3O4)ncc2C)c(C)c1.Cc1cnc(-c2[c-]cc(C)c(-c3ccccc3)c2)cc1C.[Ir]. The van der Waals surface area contributed by atoms with Crippen molar-refractivity contribution >= 4 is 23.1 Å². The van der Waals surface area contributed by atoms with Gasteiger partial charge in [-0.25, -0.2) is 0 Å². The summed E-state index contributed by atoms with van der Waals surface area (Å²) in [6.45, 7) is 12.8. The van der Waals surface area contributed by atoms with E-state index in [4.69, 9.17) is 14.5 Å². The first kappa shape index (κ1) is 38.8. The number of rotatable bonds is 4. The fourth-order valence-corrected chi connectivity index (χ4v) is 7.99. The van der Waals surface area contributed by atoms with E-state index in [2.05, 4.69) is 150 Å². The summed E-state index contributed by atoms with van der Waals surface area (Å²) in [5.74, 6) is 3.30. The molecule has 6 aromatic carbocycles. The number of ether oxygens (including phenoxy) is 2. The monoisotopic (exact) mass is 929 g/mol. The van der Waals surface area contributed by atoms with Crippen LogP contribution in [-0.2, 0) is 20.1 Å². The Morgan fingerprint density at radius 3 is 1.90 bits per heavy atom.